The first-order valence-corrected chi connectivity index (χ1v) is 10.5. The lowest BCUT2D eigenvalue weighted by Gasteiger charge is -2.36. The predicted octanol–water partition coefficient (Wildman–Crippen LogP) is 5.13. The molecule has 1 aliphatic rings. The van der Waals surface area contributed by atoms with Crippen LogP contribution >= 0.6 is 0 Å². The minimum atomic E-state index is -1.59. The quantitative estimate of drug-likeness (QED) is 0.575. The summed E-state index contributed by atoms with van der Waals surface area (Å²) in [5, 5.41) is 18.9. The highest BCUT2D eigenvalue weighted by molar-refractivity contribution is 6.13. The van der Waals surface area contributed by atoms with Crippen molar-refractivity contribution in [2.45, 2.75) is 39.0 Å². The van der Waals surface area contributed by atoms with Crippen molar-refractivity contribution in [2.24, 2.45) is 10.9 Å². The average Bonchev–Trinajstić information content (AvgIpc) is 2.78. The number of nitrogens with zero attached hydrogens (tertiary/aromatic N) is 2. The third-order valence-electron chi connectivity index (χ3n) is 5.20. The number of halogens is 3. The molecule has 2 N–H and O–H groups in total. The molecule has 0 bridgehead atoms. The topological polar surface area (TPSA) is 73.1 Å². The SMILES string of the molecule is CC(C)C1N=C(c2ccc(F)cc2)C=C(c2ccc(F)cc2)N1/C=C(\F)C(O)CCC(=O)O. The molecule has 33 heavy (non-hydrogen) atoms. The van der Waals surface area contributed by atoms with Gasteiger partial charge in [0.15, 0.2) is 0 Å². The predicted molar refractivity (Wildman–Crippen MR) is 120 cm³/mol. The Morgan fingerprint density at radius 3 is 2.12 bits per heavy atom. The van der Waals surface area contributed by atoms with Crippen LogP contribution in [0.1, 0.15) is 37.8 Å². The molecular weight excluding hydrogens is 433 g/mol. The van der Waals surface area contributed by atoms with Gasteiger partial charge < -0.3 is 15.1 Å². The molecular formula is C25H25F3N2O3. The summed E-state index contributed by atoms with van der Waals surface area (Å²) >= 11 is 0. The van der Waals surface area contributed by atoms with Crippen LogP contribution in [0.15, 0.2) is 71.6 Å². The van der Waals surface area contributed by atoms with Crippen molar-refractivity contribution in [3.05, 3.63) is 89.4 Å². The molecule has 3 rings (SSSR count). The van der Waals surface area contributed by atoms with E-state index >= 15 is 0 Å². The number of hydrogen-bond acceptors (Lipinski definition) is 4. The van der Waals surface area contributed by atoms with E-state index in [1.165, 1.54) is 24.3 Å². The number of aliphatic hydroxyl groups excluding tert-OH is 1. The molecule has 8 heteroatoms. The summed E-state index contributed by atoms with van der Waals surface area (Å²) < 4.78 is 41.9. The van der Waals surface area contributed by atoms with Crippen LogP contribution < -0.4 is 0 Å². The molecule has 0 saturated carbocycles. The summed E-state index contributed by atoms with van der Waals surface area (Å²) in [7, 11) is 0. The van der Waals surface area contributed by atoms with Gasteiger partial charge in [-0.25, -0.2) is 13.2 Å². The Morgan fingerprint density at radius 1 is 1.06 bits per heavy atom. The van der Waals surface area contributed by atoms with Crippen LogP contribution in [0, 0.1) is 17.6 Å². The van der Waals surface area contributed by atoms with Gasteiger partial charge in [0, 0.05) is 18.2 Å². The fourth-order valence-electron chi connectivity index (χ4n) is 3.45. The van der Waals surface area contributed by atoms with E-state index in [-0.39, 0.29) is 24.6 Å². The number of aliphatic hydroxyl groups is 1. The zero-order chi connectivity index (χ0) is 24.1. The van der Waals surface area contributed by atoms with Crippen LogP contribution in [0.4, 0.5) is 13.2 Å². The average molecular weight is 458 g/mol. The number of hydrogen-bond donors (Lipinski definition) is 2. The maximum Gasteiger partial charge on any atom is 0.303 e. The number of allylic oxidation sites excluding steroid dienone is 1. The van der Waals surface area contributed by atoms with Gasteiger partial charge in [0.25, 0.3) is 0 Å². The van der Waals surface area contributed by atoms with Gasteiger partial charge in [0.2, 0.25) is 0 Å². The number of carbonyl (C=O) groups is 1. The first-order valence-electron chi connectivity index (χ1n) is 10.5. The minimum absolute atomic E-state index is 0.107. The van der Waals surface area contributed by atoms with Gasteiger partial charge in [-0.1, -0.05) is 13.8 Å². The molecule has 0 radical (unpaired) electrons. The molecule has 0 aromatic heterocycles. The molecule has 2 aromatic rings. The second-order valence-corrected chi connectivity index (χ2v) is 8.08. The molecule has 1 aliphatic heterocycles. The molecule has 0 spiro atoms. The molecule has 5 nitrogen and oxygen atoms in total. The summed E-state index contributed by atoms with van der Waals surface area (Å²) in [5.74, 6) is -2.97. The Morgan fingerprint density at radius 2 is 1.61 bits per heavy atom. The molecule has 1 heterocycles. The maximum absolute atomic E-state index is 14.9. The lowest BCUT2D eigenvalue weighted by atomic mass is 9.99. The molecule has 2 unspecified atom stereocenters. The second kappa shape index (κ2) is 10.5. The smallest absolute Gasteiger partial charge is 0.303 e. The number of aliphatic carboxylic acids is 1. The molecule has 0 amide bonds. The summed E-state index contributed by atoms with van der Waals surface area (Å²) in [4.78, 5) is 17.0. The Kier molecular flexibility index (Phi) is 7.71. The fraction of sp³-hybridized carbons (Fsp3) is 0.280. The van der Waals surface area contributed by atoms with Crippen molar-refractivity contribution in [3.8, 4) is 0 Å². The largest absolute Gasteiger partial charge is 0.481 e. The highest BCUT2D eigenvalue weighted by Crippen LogP contribution is 2.32. The van der Waals surface area contributed by atoms with Gasteiger partial charge >= 0.3 is 5.97 Å². The van der Waals surface area contributed by atoms with E-state index in [2.05, 4.69) is 0 Å². The normalized spacial score (nSPS) is 17.6. The van der Waals surface area contributed by atoms with E-state index in [0.717, 1.165) is 6.20 Å². The lowest BCUT2D eigenvalue weighted by molar-refractivity contribution is -0.137. The molecule has 2 aromatic carbocycles. The third kappa shape index (κ3) is 6.10. The Hall–Kier alpha value is -3.39. The van der Waals surface area contributed by atoms with E-state index in [4.69, 9.17) is 10.1 Å². The summed E-state index contributed by atoms with van der Waals surface area (Å²) in [6.07, 6.45) is -0.0519. The van der Waals surface area contributed by atoms with Crippen LogP contribution in [0.2, 0.25) is 0 Å². The summed E-state index contributed by atoms with van der Waals surface area (Å²) in [6, 6.07) is 11.5. The van der Waals surface area contributed by atoms with Gasteiger partial charge in [0.1, 0.15) is 29.7 Å². The third-order valence-corrected chi connectivity index (χ3v) is 5.20. The van der Waals surface area contributed by atoms with Gasteiger partial charge in [-0.2, -0.15) is 0 Å². The van der Waals surface area contributed by atoms with Crippen molar-refractivity contribution in [3.63, 3.8) is 0 Å². The van der Waals surface area contributed by atoms with Crippen molar-refractivity contribution in [1.82, 2.24) is 4.90 Å². The van der Waals surface area contributed by atoms with Crippen molar-refractivity contribution in [2.75, 3.05) is 0 Å². The first-order chi connectivity index (χ1) is 15.7. The Balaban J connectivity index is 2.08. The van der Waals surface area contributed by atoms with Crippen LogP contribution in [0.3, 0.4) is 0 Å². The van der Waals surface area contributed by atoms with E-state index in [9.17, 15) is 23.1 Å². The van der Waals surface area contributed by atoms with E-state index < -0.39 is 29.9 Å². The van der Waals surface area contributed by atoms with E-state index in [1.54, 1.807) is 35.2 Å². The maximum atomic E-state index is 14.9. The van der Waals surface area contributed by atoms with E-state index in [1.807, 2.05) is 13.8 Å². The molecule has 174 valence electrons. The van der Waals surface area contributed by atoms with Gasteiger partial charge in [-0.3, -0.25) is 9.79 Å². The number of rotatable bonds is 8. The molecule has 0 aliphatic carbocycles. The fourth-order valence-corrected chi connectivity index (χ4v) is 3.45. The standard InChI is InChI=1S/C25H25F3N2O3/c1-15(2)25-29-21(16-3-7-18(26)8-4-16)13-22(17-5-9-19(27)10-6-17)30(25)14-20(28)23(31)11-12-24(32)33/h3-10,13-15,23,25,31H,11-12H2,1-2H3,(H,32,33)/b20-14-. The number of carboxylic acid groups (broad SMARTS) is 1. The van der Waals surface area contributed by atoms with Crippen molar-refractivity contribution < 1.29 is 28.2 Å². The van der Waals surface area contributed by atoms with Gasteiger partial charge in [-0.05, 0) is 72.5 Å². The summed E-state index contributed by atoms with van der Waals surface area (Å²) in [6.45, 7) is 3.79. The molecule has 0 saturated heterocycles. The first kappa shape index (κ1) is 24.3. The van der Waals surface area contributed by atoms with Crippen LogP contribution in [-0.2, 0) is 4.79 Å². The Labute approximate surface area is 190 Å². The van der Waals surface area contributed by atoms with Crippen molar-refractivity contribution >= 4 is 17.4 Å². The summed E-state index contributed by atoms with van der Waals surface area (Å²) in [5.41, 5.74) is 2.29. The monoisotopic (exact) mass is 458 g/mol. The number of aliphatic imine (C=N–C) groups is 1. The molecule has 0 fully saturated rings. The van der Waals surface area contributed by atoms with E-state index in [0.29, 0.717) is 22.5 Å². The minimum Gasteiger partial charge on any atom is -0.481 e. The zero-order valence-corrected chi connectivity index (χ0v) is 18.3. The Bertz CT molecular complexity index is 1080. The van der Waals surface area contributed by atoms with Crippen molar-refractivity contribution in [1.29, 1.82) is 0 Å². The lowest BCUT2D eigenvalue weighted by Crippen LogP contribution is -2.37. The molecule has 2 atom stereocenters. The number of benzene rings is 2. The second-order valence-electron chi connectivity index (χ2n) is 8.08. The van der Waals surface area contributed by atoms with Gasteiger partial charge in [-0.15, -0.1) is 0 Å². The highest BCUT2D eigenvalue weighted by Gasteiger charge is 2.29. The van der Waals surface area contributed by atoms with Crippen LogP contribution in [0.25, 0.3) is 5.70 Å². The van der Waals surface area contributed by atoms with Crippen LogP contribution in [-0.4, -0.2) is 39.1 Å². The van der Waals surface area contributed by atoms with Gasteiger partial charge in [0.05, 0.1) is 11.4 Å². The van der Waals surface area contributed by atoms with Crippen LogP contribution in [0.5, 0.6) is 0 Å². The highest BCUT2D eigenvalue weighted by atomic mass is 19.1. The number of carboxylic acids is 1. The zero-order valence-electron chi connectivity index (χ0n) is 18.3.